The third kappa shape index (κ3) is 5.61. The normalized spacial score (nSPS) is 10.6. The monoisotopic (exact) mass is 432 g/mol. The lowest BCUT2D eigenvalue weighted by Crippen LogP contribution is -2.30. The van der Waals surface area contributed by atoms with Gasteiger partial charge in [-0.3, -0.25) is 15.6 Å². The van der Waals surface area contributed by atoms with Gasteiger partial charge in [0, 0.05) is 32.6 Å². The van der Waals surface area contributed by atoms with E-state index in [2.05, 4.69) is 20.8 Å². The third-order valence-electron chi connectivity index (χ3n) is 3.75. The molecule has 3 aromatic rings. The van der Waals surface area contributed by atoms with Crippen molar-refractivity contribution in [1.29, 1.82) is 0 Å². The van der Waals surface area contributed by atoms with Crippen molar-refractivity contribution < 1.29 is 4.79 Å². The molecule has 1 heterocycles. The lowest BCUT2D eigenvalue weighted by Gasteiger charge is -2.10. The van der Waals surface area contributed by atoms with Gasteiger partial charge in [0.2, 0.25) is 5.95 Å². The minimum Gasteiger partial charge on any atom is -0.267 e. The van der Waals surface area contributed by atoms with E-state index in [1.807, 2.05) is 44.2 Å². The number of nitrogens with zero attached hydrogens (tertiary/aromatic N) is 2. The summed E-state index contributed by atoms with van der Waals surface area (Å²) in [4.78, 5) is 21.8. The molecule has 0 aliphatic carbocycles. The van der Waals surface area contributed by atoms with Crippen molar-refractivity contribution in [2.45, 2.75) is 24.5 Å². The van der Waals surface area contributed by atoms with Crippen molar-refractivity contribution in [1.82, 2.24) is 15.4 Å². The Bertz CT molecular complexity index is 993. The molecular formula is C20H18Cl2N4OS. The van der Waals surface area contributed by atoms with Gasteiger partial charge >= 0.3 is 0 Å². The molecule has 0 saturated heterocycles. The molecule has 5 nitrogen and oxygen atoms in total. The van der Waals surface area contributed by atoms with Crippen molar-refractivity contribution in [2.24, 2.45) is 0 Å². The molecule has 0 fully saturated rings. The van der Waals surface area contributed by atoms with E-state index in [1.54, 1.807) is 30.0 Å². The standard InChI is InChI=1S/C20H18Cl2N4OS/c1-12-8-13(2)24-20(23-12)26-25-19(27)15-5-3-4-14(9-15)11-28-18-10-16(21)6-7-17(18)22/h3-10H,11H2,1-2H3,(H,25,27)(H,23,24,26). The SMILES string of the molecule is Cc1cc(C)nc(NNC(=O)c2cccc(CSc3cc(Cl)ccc3Cl)c2)n1. The van der Waals surface area contributed by atoms with Crippen LogP contribution in [0.25, 0.3) is 0 Å². The fourth-order valence-corrected chi connectivity index (χ4v) is 3.95. The number of carbonyl (C=O) groups is 1. The van der Waals surface area contributed by atoms with Crippen LogP contribution in [-0.2, 0) is 5.75 Å². The number of hydrazine groups is 1. The maximum Gasteiger partial charge on any atom is 0.269 e. The van der Waals surface area contributed by atoms with E-state index in [0.717, 1.165) is 21.8 Å². The van der Waals surface area contributed by atoms with Gasteiger partial charge in [-0.2, -0.15) is 0 Å². The van der Waals surface area contributed by atoms with Crippen LogP contribution in [0.3, 0.4) is 0 Å². The highest BCUT2D eigenvalue weighted by molar-refractivity contribution is 7.98. The lowest BCUT2D eigenvalue weighted by molar-refractivity contribution is 0.0962. The van der Waals surface area contributed by atoms with E-state index < -0.39 is 0 Å². The summed E-state index contributed by atoms with van der Waals surface area (Å²) in [5, 5.41) is 1.29. The van der Waals surface area contributed by atoms with E-state index in [9.17, 15) is 4.79 Å². The van der Waals surface area contributed by atoms with E-state index >= 15 is 0 Å². The highest BCUT2D eigenvalue weighted by Crippen LogP contribution is 2.32. The van der Waals surface area contributed by atoms with Crippen LogP contribution in [0.5, 0.6) is 0 Å². The summed E-state index contributed by atoms with van der Waals surface area (Å²) in [6.07, 6.45) is 0. The zero-order valence-electron chi connectivity index (χ0n) is 15.3. The maximum atomic E-state index is 12.4. The number of carbonyl (C=O) groups excluding carboxylic acids is 1. The summed E-state index contributed by atoms with van der Waals surface area (Å²) in [5.74, 6) is 0.748. The van der Waals surface area contributed by atoms with Gasteiger partial charge in [0.1, 0.15) is 0 Å². The molecule has 0 bridgehead atoms. The molecule has 8 heteroatoms. The molecule has 0 atom stereocenters. The number of nitrogens with one attached hydrogen (secondary N) is 2. The third-order valence-corrected chi connectivity index (χ3v) is 5.55. The van der Waals surface area contributed by atoms with Crippen molar-refractivity contribution >= 4 is 46.8 Å². The Balaban J connectivity index is 1.63. The van der Waals surface area contributed by atoms with E-state index in [0.29, 0.717) is 27.3 Å². The zero-order chi connectivity index (χ0) is 20.1. The molecule has 0 saturated carbocycles. The number of thioether (sulfide) groups is 1. The summed E-state index contributed by atoms with van der Waals surface area (Å²) in [5.41, 5.74) is 8.56. The fraction of sp³-hybridized carbons (Fsp3) is 0.150. The number of halogens is 2. The van der Waals surface area contributed by atoms with Crippen LogP contribution < -0.4 is 10.9 Å². The van der Waals surface area contributed by atoms with Gasteiger partial charge in [-0.1, -0.05) is 35.3 Å². The van der Waals surface area contributed by atoms with Crippen molar-refractivity contribution in [2.75, 3.05) is 5.43 Å². The lowest BCUT2D eigenvalue weighted by atomic mass is 10.1. The second-order valence-corrected chi connectivity index (χ2v) is 7.98. The first kappa shape index (κ1) is 20.5. The summed E-state index contributed by atoms with van der Waals surface area (Å²) >= 11 is 13.8. The van der Waals surface area contributed by atoms with Crippen LogP contribution in [-0.4, -0.2) is 15.9 Å². The maximum absolute atomic E-state index is 12.4. The molecular weight excluding hydrogens is 415 g/mol. The number of anilines is 1. The number of hydrogen-bond acceptors (Lipinski definition) is 5. The van der Waals surface area contributed by atoms with E-state index in [1.165, 1.54) is 0 Å². The smallest absolute Gasteiger partial charge is 0.267 e. The van der Waals surface area contributed by atoms with Gasteiger partial charge in [-0.05, 0) is 55.8 Å². The zero-order valence-corrected chi connectivity index (χ0v) is 17.6. The molecule has 2 N–H and O–H groups in total. The number of rotatable bonds is 6. The topological polar surface area (TPSA) is 66.9 Å². The first-order valence-electron chi connectivity index (χ1n) is 8.46. The Kier molecular flexibility index (Phi) is 6.78. The predicted octanol–water partition coefficient (Wildman–Crippen LogP) is 5.45. The summed E-state index contributed by atoms with van der Waals surface area (Å²) in [6, 6.07) is 14.6. The first-order chi connectivity index (χ1) is 13.4. The van der Waals surface area contributed by atoms with Gasteiger partial charge in [0.15, 0.2) is 0 Å². The van der Waals surface area contributed by atoms with E-state index in [-0.39, 0.29) is 5.91 Å². The fourth-order valence-electron chi connectivity index (χ4n) is 2.52. The number of aromatic nitrogens is 2. The first-order valence-corrected chi connectivity index (χ1v) is 10.2. The van der Waals surface area contributed by atoms with Gasteiger partial charge in [0.05, 0.1) is 5.02 Å². The van der Waals surface area contributed by atoms with Crippen LogP contribution in [0.2, 0.25) is 10.0 Å². The number of aryl methyl sites for hydroxylation is 2. The Hall–Kier alpha value is -2.28. The second-order valence-electron chi connectivity index (χ2n) is 6.12. The Morgan fingerprint density at radius 2 is 1.79 bits per heavy atom. The number of amides is 1. The largest absolute Gasteiger partial charge is 0.269 e. The summed E-state index contributed by atoms with van der Waals surface area (Å²) < 4.78 is 0. The van der Waals surface area contributed by atoms with Crippen LogP contribution in [0.15, 0.2) is 53.4 Å². The van der Waals surface area contributed by atoms with Crippen LogP contribution in [0, 0.1) is 13.8 Å². The molecule has 1 amide bonds. The molecule has 0 aliphatic heterocycles. The Morgan fingerprint density at radius 1 is 1.04 bits per heavy atom. The summed E-state index contributed by atoms with van der Waals surface area (Å²) in [6.45, 7) is 3.74. The molecule has 0 spiro atoms. The van der Waals surface area contributed by atoms with Crippen LogP contribution >= 0.6 is 35.0 Å². The Morgan fingerprint density at radius 3 is 2.54 bits per heavy atom. The molecule has 0 radical (unpaired) electrons. The van der Waals surface area contributed by atoms with Crippen LogP contribution in [0.1, 0.15) is 27.3 Å². The molecule has 1 aromatic heterocycles. The van der Waals surface area contributed by atoms with Crippen molar-refractivity contribution in [3.05, 3.63) is 81.1 Å². The average molecular weight is 433 g/mol. The number of benzene rings is 2. The highest BCUT2D eigenvalue weighted by Gasteiger charge is 2.09. The average Bonchev–Trinajstić information content (AvgIpc) is 2.66. The van der Waals surface area contributed by atoms with E-state index in [4.69, 9.17) is 23.2 Å². The van der Waals surface area contributed by atoms with Crippen molar-refractivity contribution in [3.63, 3.8) is 0 Å². The molecule has 28 heavy (non-hydrogen) atoms. The van der Waals surface area contributed by atoms with Crippen molar-refractivity contribution in [3.8, 4) is 0 Å². The molecule has 0 unspecified atom stereocenters. The molecule has 144 valence electrons. The highest BCUT2D eigenvalue weighted by atomic mass is 35.5. The molecule has 0 aliphatic rings. The molecule has 2 aromatic carbocycles. The second kappa shape index (κ2) is 9.28. The molecule has 3 rings (SSSR count). The van der Waals surface area contributed by atoms with Crippen LogP contribution in [0.4, 0.5) is 5.95 Å². The minimum atomic E-state index is -0.268. The van der Waals surface area contributed by atoms with Gasteiger partial charge in [0.25, 0.3) is 5.91 Å². The predicted molar refractivity (Wildman–Crippen MR) is 115 cm³/mol. The van der Waals surface area contributed by atoms with Gasteiger partial charge in [-0.15, -0.1) is 11.8 Å². The quantitative estimate of drug-likeness (QED) is 0.400. The van der Waals surface area contributed by atoms with Gasteiger partial charge in [-0.25, -0.2) is 9.97 Å². The number of hydrogen-bond donors (Lipinski definition) is 2. The summed E-state index contributed by atoms with van der Waals surface area (Å²) in [7, 11) is 0. The van der Waals surface area contributed by atoms with Gasteiger partial charge < -0.3 is 0 Å². The minimum absolute atomic E-state index is 0.268. The Labute approximate surface area is 177 Å².